The average molecular weight is 377 g/mol. The van der Waals surface area contributed by atoms with E-state index in [9.17, 15) is 8.42 Å². The first-order chi connectivity index (χ1) is 9.91. The zero-order valence-electron chi connectivity index (χ0n) is 11.9. The van der Waals surface area contributed by atoms with Crippen LogP contribution in [0.1, 0.15) is 13.3 Å². The number of piperazine rings is 1. The standard InChI is InChI=1S/C11H17BrN6O2S/c1-3-9(8-13)17-4-6-18(7-5-17)21(19,20)11-10(12)14-15-16(11)2/h9H,3-7H2,1-2H3. The van der Waals surface area contributed by atoms with Crippen molar-refractivity contribution in [1.82, 2.24) is 24.2 Å². The molecular weight excluding hydrogens is 360 g/mol. The van der Waals surface area contributed by atoms with Crippen LogP contribution >= 0.6 is 15.9 Å². The molecule has 1 aliphatic heterocycles. The number of nitriles is 1. The first-order valence-electron chi connectivity index (χ1n) is 6.60. The summed E-state index contributed by atoms with van der Waals surface area (Å²) >= 11 is 3.12. The Bertz CT molecular complexity index is 625. The van der Waals surface area contributed by atoms with Gasteiger partial charge in [0.05, 0.1) is 12.1 Å². The molecule has 8 nitrogen and oxygen atoms in total. The van der Waals surface area contributed by atoms with Crippen LogP contribution in [-0.2, 0) is 17.1 Å². The van der Waals surface area contributed by atoms with Crippen LogP contribution in [0, 0.1) is 11.3 Å². The van der Waals surface area contributed by atoms with Gasteiger partial charge in [-0.3, -0.25) is 4.90 Å². The molecule has 116 valence electrons. The minimum Gasteiger partial charge on any atom is -0.285 e. The molecule has 1 fully saturated rings. The molecule has 2 rings (SSSR count). The summed E-state index contributed by atoms with van der Waals surface area (Å²) in [6.45, 7) is 3.77. The van der Waals surface area contributed by atoms with Crippen molar-refractivity contribution in [2.75, 3.05) is 26.2 Å². The highest BCUT2D eigenvalue weighted by molar-refractivity contribution is 9.10. The van der Waals surface area contributed by atoms with Gasteiger partial charge >= 0.3 is 0 Å². The lowest BCUT2D eigenvalue weighted by atomic mass is 10.2. The van der Waals surface area contributed by atoms with E-state index in [1.54, 1.807) is 7.05 Å². The molecule has 1 aromatic heterocycles. The zero-order valence-corrected chi connectivity index (χ0v) is 14.3. The van der Waals surface area contributed by atoms with Gasteiger partial charge in [0.15, 0.2) is 4.60 Å². The van der Waals surface area contributed by atoms with Gasteiger partial charge in [-0.15, -0.1) is 5.10 Å². The molecule has 0 aliphatic carbocycles. The van der Waals surface area contributed by atoms with Crippen LogP contribution in [0.25, 0.3) is 0 Å². The highest BCUT2D eigenvalue weighted by Gasteiger charge is 2.34. The van der Waals surface area contributed by atoms with Crippen molar-refractivity contribution in [1.29, 1.82) is 5.26 Å². The van der Waals surface area contributed by atoms with E-state index in [2.05, 4.69) is 32.3 Å². The van der Waals surface area contributed by atoms with Crippen LogP contribution in [-0.4, -0.2) is 64.8 Å². The smallest absolute Gasteiger partial charge is 0.263 e. The van der Waals surface area contributed by atoms with Crippen molar-refractivity contribution in [3.8, 4) is 6.07 Å². The average Bonchev–Trinajstić information content (AvgIpc) is 2.80. The van der Waals surface area contributed by atoms with E-state index in [-0.39, 0.29) is 15.7 Å². The van der Waals surface area contributed by atoms with Crippen molar-refractivity contribution in [3.05, 3.63) is 4.60 Å². The molecule has 0 bridgehead atoms. The molecule has 1 unspecified atom stereocenters. The lowest BCUT2D eigenvalue weighted by molar-refractivity contribution is 0.159. The molecule has 0 aromatic carbocycles. The topological polar surface area (TPSA) is 95.1 Å². The molecule has 0 radical (unpaired) electrons. The Morgan fingerprint density at radius 1 is 1.38 bits per heavy atom. The Kier molecular flexibility index (Phi) is 4.98. The number of aryl methyl sites for hydroxylation is 1. The summed E-state index contributed by atoms with van der Waals surface area (Å²) in [5.41, 5.74) is 0. The Hall–Kier alpha value is -1.02. The number of sulfonamides is 1. The Morgan fingerprint density at radius 3 is 2.43 bits per heavy atom. The number of halogens is 1. The third-order valence-electron chi connectivity index (χ3n) is 3.57. The number of aromatic nitrogens is 3. The van der Waals surface area contributed by atoms with E-state index >= 15 is 0 Å². The predicted octanol–water partition coefficient (Wildman–Crippen LogP) is 0.186. The van der Waals surface area contributed by atoms with Gasteiger partial charge in [0, 0.05) is 33.2 Å². The molecule has 0 spiro atoms. The Balaban J connectivity index is 2.14. The van der Waals surface area contributed by atoms with Crippen molar-refractivity contribution in [2.45, 2.75) is 24.4 Å². The van der Waals surface area contributed by atoms with Crippen molar-refractivity contribution < 1.29 is 8.42 Å². The van der Waals surface area contributed by atoms with E-state index in [4.69, 9.17) is 5.26 Å². The predicted molar refractivity (Wildman–Crippen MR) is 78.7 cm³/mol. The maximum Gasteiger partial charge on any atom is 0.263 e. The lowest BCUT2D eigenvalue weighted by Gasteiger charge is -2.35. The second-order valence-corrected chi connectivity index (χ2v) is 7.41. The monoisotopic (exact) mass is 376 g/mol. The summed E-state index contributed by atoms with van der Waals surface area (Å²) in [6.07, 6.45) is 0.737. The van der Waals surface area contributed by atoms with E-state index in [1.165, 1.54) is 8.99 Å². The third-order valence-corrected chi connectivity index (χ3v) is 6.36. The van der Waals surface area contributed by atoms with Crippen LogP contribution in [0.5, 0.6) is 0 Å². The minimum atomic E-state index is -3.63. The highest BCUT2D eigenvalue weighted by Crippen LogP contribution is 2.23. The number of rotatable bonds is 4. The summed E-state index contributed by atoms with van der Waals surface area (Å²) < 4.78 is 28.1. The molecule has 21 heavy (non-hydrogen) atoms. The number of hydrogen-bond donors (Lipinski definition) is 0. The van der Waals surface area contributed by atoms with Crippen molar-refractivity contribution >= 4 is 26.0 Å². The van der Waals surface area contributed by atoms with Crippen molar-refractivity contribution in [2.24, 2.45) is 7.05 Å². The van der Waals surface area contributed by atoms with Gasteiger partial charge in [-0.2, -0.15) is 9.57 Å². The molecule has 0 amide bonds. The highest BCUT2D eigenvalue weighted by atomic mass is 79.9. The first-order valence-corrected chi connectivity index (χ1v) is 8.84. The molecule has 1 aromatic rings. The second kappa shape index (κ2) is 6.39. The van der Waals surface area contributed by atoms with Gasteiger partial charge in [0.2, 0.25) is 5.03 Å². The van der Waals surface area contributed by atoms with Crippen LogP contribution in [0.2, 0.25) is 0 Å². The fourth-order valence-corrected chi connectivity index (χ4v) is 4.86. The SMILES string of the molecule is CCC(C#N)N1CCN(S(=O)(=O)c2c(Br)nnn2C)CC1. The van der Waals surface area contributed by atoms with E-state index < -0.39 is 10.0 Å². The quantitative estimate of drug-likeness (QED) is 0.743. The molecule has 10 heteroatoms. The first kappa shape index (κ1) is 16.4. The van der Waals surface area contributed by atoms with Gasteiger partial charge < -0.3 is 0 Å². The fourth-order valence-electron chi connectivity index (χ4n) is 2.41. The minimum absolute atomic E-state index is 0.0586. The molecular formula is C11H17BrN6O2S. The normalized spacial score (nSPS) is 19.3. The van der Waals surface area contributed by atoms with Gasteiger partial charge in [-0.25, -0.2) is 13.1 Å². The third kappa shape index (κ3) is 3.11. The maximum atomic E-state index is 12.6. The van der Waals surface area contributed by atoms with Crippen LogP contribution in [0.3, 0.4) is 0 Å². The summed E-state index contributed by atoms with van der Waals surface area (Å²) in [7, 11) is -2.08. The largest absolute Gasteiger partial charge is 0.285 e. The van der Waals surface area contributed by atoms with Crippen LogP contribution in [0.15, 0.2) is 9.63 Å². The summed E-state index contributed by atoms with van der Waals surface area (Å²) in [4.78, 5) is 2.02. The van der Waals surface area contributed by atoms with Crippen LogP contribution in [0.4, 0.5) is 0 Å². The van der Waals surface area contributed by atoms with Crippen molar-refractivity contribution in [3.63, 3.8) is 0 Å². The molecule has 0 N–H and O–H groups in total. The molecule has 1 saturated heterocycles. The lowest BCUT2D eigenvalue weighted by Crippen LogP contribution is -2.51. The summed E-state index contributed by atoms with van der Waals surface area (Å²) in [6, 6.07) is 2.09. The number of nitrogens with zero attached hydrogens (tertiary/aromatic N) is 6. The van der Waals surface area contributed by atoms with Gasteiger partial charge in [0.25, 0.3) is 10.0 Å². The Labute approximate surface area is 132 Å². The van der Waals surface area contributed by atoms with Gasteiger partial charge in [0.1, 0.15) is 0 Å². The number of hydrogen-bond acceptors (Lipinski definition) is 6. The maximum absolute atomic E-state index is 12.6. The fraction of sp³-hybridized carbons (Fsp3) is 0.727. The van der Waals surface area contributed by atoms with E-state index in [0.29, 0.717) is 26.2 Å². The van der Waals surface area contributed by atoms with E-state index in [0.717, 1.165) is 6.42 Å². The van der Waals surface area contributed by atoms with Crippen LogP contribution < -0.4 is 0 Å². The second-order valence-electron chi connectivity index (χ2n) is 4.80. The zero-order chi connectivity index (χ0) is 15.6. The summed E-state index contributed by atoms with van der Waals surface area (Å²) in [5, 5.41) is 16.6. The molecule has 0 saturated carbocycles. The molecule has 1 atom stereocenters. The Morgan fingerprint density at radius 2 is 2.00 bits per heavy atom. The van der Waals surface area contributed by atoms with E-state index in [1.807, 2.05) is 11.8 Å². The molecule has 2 heterocycles. The van der Waals surface area contributed by atoms with Gasteiger partial charge in [-0.1, -0.05) is 12.1 Å². The summed E-state index contributed by atoms with van der Waals surface area (Å²) in [5.74, 6) is 0. The molecule has 1 aliphatic rings. The van der Waals surface area contributed by atoms with Gasteiger partial charge in [-0.05, 0) is 22.4 Å².